The molecule has 0 saturated carbocycles. The SMILES string of the molecule is Cc1nc2ccc(NCCCCCO)cc2s1. The van der Waals surface area contributed by atoms with Crippen LogP contribution in [0, 0.1) is 6.92 Å². The molecule has 0 aliphatic rings. The first-order chi connectivity index (χ1) is 8.29. The largest absolute Gasteiger partial charge is 0.396 e. The van der Waals surface area contributed by atoms with Crippen molar-refractivity contribution >= 4 is 27.2 Å². The van der Waals surface area contributed by atoms with Gasteiger partial charge in [-0.3, -0.25) is 0 Å². The monoisotopic (exact) mass is 250 g/mol. The zero-order valence-electron chi connectivity index (χ0n) is 10.1. The molecule has 1 heterocycles. The number of aliphatic hydroxyl groups excluding tert-OH is 1. The quantitative estimate of drug-likeness (QED) is 0.774. The molecule has 0 fully saturated rings. The van der Waals surface area contributed by atoms with Gasteiger partial charge in [0.2, 0.25) is 0 Å². The van der Waals surface area contributed by atoms with Crippen molar-refractivity contribution < 1.29 is 5.11 Å². The number of benzene rings is 1. The van der Waals surface area contributed by atoms with Gasteiger partial charge < -0.3 is 10.4 Å². The molecule has 2 aromatic rings. The van der Waals surface area contributed by atoms with Gasteiger partial charge in [-0.15, -0.1) is 11.3 Å². The van der Waals surface area contributed by atoms with Crippen LogP contribution in [0.4, 0.5) is 5.69 Å². The Morgan fingerprint density at radius 1 is 1.29 bits per heavy atom. The first-order valence-corrected chi connectivity index (χ1v) is 6.83. The van der Waals surface area contributed by atoms with Crippen molar-refractivity contribution in [2.45, 2.75) is 26.2 Å². The number of nitrogens with one attached hydrogen (secondary N) is 1. The van der Waals surface area contributed by atoms with Crippen LogP contribution in [0.25, 0.3) is 10.2 Å². The van der Waals surface area contributed by atoms with E-state index in [9.17, 15) is 0 Å². The number of hydrogen-bond donors (Lipinski definition) is 2. The smallest absolute Gasteiger partial charge is 0.0907 e. The predicted octanol–water partition coefficient (Wildman–Crippen LogP) is 3.18. The molecule has 0 saturated heterocycles. The minimum atomic E-state index is 0.298. The number of thiazole rings is 1. The molecule has 17 heavy (non-hydrogen) atoms. The summed E-state index contributed by atoms with van der Waals surface area (Å²) in [6.45, 7) is 3.29. The lowest BCUT2D eigenvalue weighted by Crippen LogP contribution is -2.01. The molecule has 0 unspecified atom stereocenters. The number of hydrogen-bond acceptors (Lipinski definition) is 4. The summed E-state index contributed by atoms with van der Waals surface area (Å²) in [5, 5.41) is 13.2. The molecule has 0 aliphatic heterocycles. The zero-order valence-corrected chi connectivity index (χ0v) is 10.9. The lowest BCUT2D eigenvalue weighted by molar-refractivity contribution is 0.283. The molecule has 2 N–H and O–H groups in total. The lowest BCUT2D eigenvalue weighted by atomic mass is 10.2. The van der Waals surface area contributed by atoms with E-state index >= 15 is 0 Å². The lowest BCUT2D eigenvalue weighted by Gasteiger charge is -2.05. The minimum absolute atomic E-state index is 0.298. The Bertz CT molecular complexity index is 481. The van der Waals surface area contributed by atoms with Crippen molar-refractivity contribution in [3.8, 4) is 0 Å². The van der Waals surface area contributed by atoms with Crippen LogP contribution < -0.4 is 5.32 Å². The van der Waals surface area contributed by atoms with Crippen LogP contribution in [0.5, 0.6) is 0 Å². The van der Waals surface area contributed by atoms with Gasteiger partial charge in [-0.25, -0.2) is 4.98 Å². The summed E-state index contributed by atoms with van der Waals surface area (Å²) in [5.41, 5.74) is 2.24. The Morgan fingerprint density at radius 2 is 2.18 bits per heavy atom. The van der Waals surface area contributed by atoms with Gasteiger partial charge in [0.1, 0.15) is 0 Å². The third-order valence-corrected chi connectivity index (χ3v) is 3.59. The van der Waals surface area contributed by atoms with E-state index in [0.717, 1.165) is 42.0 Å². The number of aryl methyl sites for hydroxylation is 1. The highest BCUT2D eigenvalue weighted by Gasteiger charge is 2.01. The third-order valence-electron chi connectivity index (χ3n) is 2.66. The molecule has 0 spiro atoms. The van der Waals surface area contributed by atoms with E-state index in [1.54, 1.807) is 11.3 Å². The number of fused-ring (bicyclic) bond motifs is 1. The number of anilines is 1. The van der Waals surface area contributed by atoms with Crippen molar-refractivity contribution in [1.29, 1.82) is 0 Å². The van der Waals surface area contributed by atoms with Crippen molar-refractivity contribution in [2.24, 2.45) is 0 Å². The maximum atomic E-state index is 8.68. The highest BCUT2D eigenvalue weighted by atomic mass is 32.1. The van der Waals surface area contributed by atoms with Crippen LogP contribution in [0.2, 0.25) is 0 Å². The Hall–Kier alpha value is -1.13. The van der Waals surface area contributed by atoms with Crippen LogP contribution in [0.15, 0.2) is 18.2 Å². The van der Waals surface area contributed by atoms with Gasteiger partial charge in [-0.2, -0.15) is 0 Å². The molecule has 0 amide bonds. The van der Waals surface area contributed by atoms with E-state index in [0.29, 0.717) is 6.61 Å². The first-order valence-electron chi connectivity index (χ1n) is 6.01. The van der Waals surface area contributed by atoms with Crippen LogP contribution in [0.1, 0.15) is 24.3 Å². The van der Waals surface area contributed by atoms with E-state index in [4.69, 9.17) is 5.11 Å². The summed E-state index contributed by atoms with van der Waals surface area (Å²) < 4.78 is 1.24. The summed E-state index contributed by atoms with van der Waals surface area (Å²) in [7, 11) is 0. The van der Waals surface area contributed by atoms with Gasteiger partial charge >= 0.3 is 0 Å². The van der Waals surface area contributed by atoms with Crippen LogP contribution in [-0.2, 0) is 0 Å². The van der Waals surface area contributed by atoms with E-state index < -0.39 is 0 Å². The number of unbranched alkanes of at least 4 members (excludes halogenated alkanes) is 2. The molecule has 4 heteroatoms. The second kappa shape index (κ2) is 5.98. The second-order valence-corrected chi connectivity index (χ2v) is 5.36. The van der Waals surface area contributed by atoms with E-state index in [-0.39, 0.29) is 0 Å². The third kappa shape index (κ3) is 3.41. The summed E-state index contributed by atoms with van der Waals surface area (Å²) in [6.07, 6.45) is 3.07. The normalized spacial score (nSPS) is 10.9. The zero-order chi connectivity index (χ0) is 12.1. The van der Waals surface area contributed by atoms with E-state index in [1.807, 2.05) is 6.92 Å². The maximum Gasteiger partial charge on any atom is 0.0907 e. The molecule has 0 bridgehead atoms. The number of nitrogens with zero attached hydrogens (tertiary/aromatic N) is 1. The molecule has 2 rings (SSSR count). The molecule has 92 valence electrons. The van der Waals surface area contributed by atoms with Crippen LogP contribution in [-0.4, -0.2) is 23.2 Å². The summed E-state index contributed by atoms with van der Waals surface area (Å²) in [5.74, 6) is 0. The predicted molar refractivity (Wildman–Crippen MR) is 73.8 cm³/mol. The van der Waals surface area contributed by atoms with E-state index in [2.05, 4.69) is 28.5 Å². The van der Waals surface area contributed by atoms with Crippen molar-refractivity contribution in [3.63, 3.8) is 0 Å². The van der Waals surface area contributed by atoms with Gasteiger partial charge in [-0.05, 0) is 44.4 Å². The molecule has 1 aromatic heterocycles. The fourth-order valence-electron chi connectivity index (χ4n) is 1.80. The maximum absolute atomic E-state index is 8.68. The fourth-order valence-corrected chi connectivity index (χ4v) is 2.66. The van der Waals surface area contributed by atoms with Crippen molar-refractivity contribution in [2.75, 3.05) is 18.5 Å². The molecule has 3 nitrogen and oxygen atoms in total. The summed E-state index contributed by atoms with van der Waals surface area (Å²) in [4.78, 5) is 4.44. The highest BCUT2D eigenvalue weighted by molar-refractivity contribution is 7.18. The molecule has 0 atom stereocenters. The Labute approximate surface area is 106 Å². The van der Waals surface area contributed by atoms with Gasteiger partial charge in [0.15, 0.2) is 0 Å². The Kier molecular flexibility index (Phi) is 4.34. The first kappa shape index (κ1) is 12.3. The van der Waals surface area contributed by atoms with Gasteiger partial charge in [0, 0.05) is 18.8 Å². The van der Waals surface area contributed by atoms with Crippen molar-refractivity contribution in [3.05, 3.63) is 23.2 Å². The number of aromatic nitrogens is 1. The average Bonchev–Trinajstić information content (AvgIpc) is 2.68. The second-order valence-electron chi connectivity index (χ2n) is 4.13. The number of aliphatic hydroxyl groups is 1. The molecular weight excluding hydrogens is 232 g/mol. The molecule has 1 aromatic carbocycles. The minimum Gasteiger partial charge on any atom is -0.396 e. The Morgan fingerprint density at radius 3 is 3.00 bits per heavy atom. The fraction of sp³-hybridized carbons (Fsp3) is 0.462. The van der Waals surface area contributed by atoms with E-state index in [1.165, 1.54) is 4.70 Å². The van der Waals surface area contributed by atoms with Crippen LogP contribution >= 0.6 is 11.3 Å². The molecular formula is C13H18N2OS. The standard InChI is InChI=1S/C13H18N2OS/c1-10-15-12-6-5-11(9-13(12)17-10)14-7-3-2-4-8-16/h5-6,9,14,16H,2-4,7-8H2,1H3. The van der Waals surface area contributed by atoms with Gasteiger partial charge in [0.25, 0.3) is 0 Å². The van der Waals surface area contributed by atoms with Crippen LogP contribution in [0.3, 0.4) is 0 Å². The molecule has 0 radical (unpaired) electrons. The highest BCUT2D eigenvalue weighted by Crippen LogP contribution is 2.24. The summed E-state index contributed by atoms with van der Waals surface area (Å²) in [6, 6.07) is 6.30. The molecule has 0 aliphatic carbocycles. The number of rotatable bonds is 6. The Balaban J connectivity index is 1.90. The average molecular weight is 250 g/mol. The van der Waals surface area contributed by atoms with Gasteiger partial charge in [-0.1, -0.05) is 0 Å². The summed E-state index contributed by atoms with van der Waals surface area (Å²) >= 11 is 1.73. The van der Waals surface area contributed by atoms with Crippen molar-refractivity contribution in [1.82, 2.24) is 4.98 Å². The van der Waals surface area contributed by atoms with Gasteiger partial charge in [0.05, 0.1) is 15.2 Å². The topological polar surface area (TPSA) is 45.2 Å².